The summed E-state index contributed by atoms with van der Waals surface area (Å²) in [4.78, 5) is 13.7. The molecule has 2 unspecified atom stereocenters. The van der Waals surface area contributed by atoms with Crippen LogP contribution in [0.3, 0.4) is 0 Å². The third-order valence-electron chi connectivity index (χ3n) is 3.07. The number of nitrogens with one attached hydrogen (secondary N) is 1. The average Bonchev–Trinajstić information content (AvgIpc) is 2.72. The van der Waals surface area contributed by atoms with Crippen molar-refractivity contribution < 1.29 is 14.6 Å². The molecule has 2 N–H and O–H groups in total. The van der Waals surface area contributed by atoms with Gasteiger partial charge in [-0.25, -0.2) is 4.79 Å². The van der Waals surface area contributed by atoms with Crippen LogP contribution < -0.4 is 5.32 Å². The summed E-state index contributed by atoms with van der Waals surface area (Å²) in [6.07, 6.45) is 2.63. The van der Waals surface area contributed by atoms with Crippen LogP contribution in [0.15, 0.2) is 0 Å². The molecule has 0 aromatic carbocycles. The molecule has 5 nitrogen and oxygen atoms in total. The highest BCUT2D eigenvalue weighted by atomic mass is 32.2. The van der Waals surface area contributed by atoms with Crippen LogP contribution in [0, 0.1) is 0 Å². The summed E-state index contributed by atoms with van der Waals surface area (Å²) < 4.78 is 5.36. The number of carbonyl (C=O) groups excluding carboxylic acids is 1. The minimum absolute atomic E-state index is 0.232. The van der Waals surface area contributed by atoms with E-state index in [0.29, 0.717) is 25.4 Å². The number of thioether (sulfide) groups is 1. The molecule has 1 heterocycles. The highest BCUT2D eigenvalue weighted by Crippen LogP contribution is 2.16. The van der Waals surface area contributed by atoms with E-state index in [-0.39, 0.29) is 12.1 Å². The van der Waals surface area contributed by atoms with Gasteiger partial charge in [-0.3, -0.25) is 0 Å². The van der Waals surface area contributed by atoms with Gasteiger partial charge in [0.25, 0.3) is 0 Å². The number of hydrogen-bond acceptors (Lipinski definition) is 5. The van der Waals surface area contributed by atoms with Crippen molar-refractivity contribution in [1.82, 2.24) is 10.2 Å². The standard InChI is InChI=1S/C14H28N2O3S/c1-13(2,3)19-12(17)16-7-6-11(8-16)15-9-14(4,18)10-20-5/h11,15,18H,6-10H2,1-5H3. The maximum Gasteiger partial charge on any atom is 0.410 e. The van der Waals surface area contributed by atoms with E-state index in [1.165, 1.54) is 0 Å². The predicted molar refractivity (Wildman–Crippen MR) is 83.2 cm³/mol. The zero-order valence-corrected chi connectivity index (χ0v) is 14.0. The molecular weight excluding hydrogens is 276 g/mol. The molecule has 0 aromatic heterocycles. The maximum atomic E-state index is 11.9. The van der Waals surface area contributed by atoms with E-state index in [9.17, 15) is 9.90 Å². The van der Waals surface area contributed by atoms with Crippen molar-refractivity contribution in [1.29, 1.82) is 0 Å². The van der Waals surface area contributed by atoms with Crippen molar-refractivity contribution in [2.24, 2.45) is 0 Å². The van der Waals surface area contributed by atoms with Gasteiger partial charge in [-0.1, -0.05) is 0 Å². The van der Waals surface area contributed by atoms with Gasteiger partial charge >= 0.3 is 6.09 Å². The molecule has 0 aliphatic carbocycles. The SMILES string of the molecule is CSCC(C)(O)CNC1CCN(C(=O)OC(C)(C)C)C1. The summed E-state index contributed by atoms with van der Waals surface area (Å²) in [5.74, 6) is 0.697. The van der Waals surface area contributed by atoms with Crippen LogP contribution in [0.4, 0.5) is 4.79 Å². The van der Waals surface area contributed by atoms with Gasteiger partial charge in [0, 0.05) is 31.4 Å². The molecule has 0 bridgehead atoms. The molecule has 118 valence electrons. The van der Waals surface area contributed by atoms with Crippen molar-refractivity contribution in [2.75, 3.05) is 31.6 Å². The van der Waals surface area contributed by atoms with Gasteiger partial charge in [0.05, 0.1) is 5.60 Å². The van der Waals surface area contributed by atoms with Crippen LogP contribution in [0.2, 0.25) is 0 Å². The number of aliphatic hydroxyl groups is 1. The molecule has 1 fully saturated rings. The summed E-state index contributed by atoms with van der Waals surface area (Å²) in [6, 6.07) is 0.232. The second kappa shape index (κ2) is 7.00. The van der Waals surface area contributed by atoms with E-state index in [2.05, 4.69) is 5.32 Å². The largest absolute Gasteiger partial charge is 0.444 e. The van der Waals surface area contributed by atoms with Gasteiger partial charge in [0.15, 0.2) is 0 Å². The molecular formula is C14H28N2O3S. The molecule has 0 radical (unpaired) electrons. The molecule has 1 amide bonds. The quantitative estimate of drug-likeness (QED) is 0.809. The van der Waals surface area contributed by atoms with Crippen LogP contribution in [0.1, 0.15) is 34.1 Å². The van der Waals surface area contributed by atoms with Crippen LogP contribution >= 0.6 is 11.8 Å². The summed E-state index contributed by atoms with van der Waals surface area (Å²) in [6.45, 7) is 9.34. The minimum atomic E-state index is -0.710. The molecule has 1 aliphatic heterocycles. The summed E-state index contributed by atoms with van der Waals surface area (Å²) in [7, 11) is 0. The number of rotatable bonds is 5. The van der Waals surface area contributed by atoms with Crippen molar-refractivity contribution in [3.8, 4) is 0 Å². The highest BCUT2D eigenvalue weighted by Gasteiger charge is 2.30. The molecule has 0 aromatic rings. The lowest BCUT2D eigenvalue weighted by atomic mass is 10.1. The second-order valence-electron chi connectivity index (χ2n) is 6.72. The number of hydrogen-bond donors (Lipinski definition) is 2. The molecule has 1 aliphatic rings. The Labute approximate surface area is 126 Å². The van der Waals surface area contributed by atoms with E-state index in [1.807, 2.05) is 34.0 Å². The van der Waals surface area contributed by atoms with Crippen molar-refractivity contribution in [2.45, 2.75) is 51.4 Å². The molecule has 20 heavy (non-hydrogen) atoms. The Morgan fingerprint density at radius 3 is 2.65 bits per heavy atom. The van der Waals surface area contributed by atoms with Gasteiger partial charge < -0.3 is 20.1 Å². The monoisotopic (exact) mass is 304 g/mol. The Balaban J connectivity index is 2.35. The smallest absolute Gasteiger partial charge is 0.410 e. The third-order valence-corrected chi connectivity index (χ3v) is 3.98. The Morgan fingerprint density at radius 2 is 2.10 bits per heavy atom. The number of ether oxygens (including phenoxy) is 1. The van der Waals surface area contributed by atoms with Crippen LogP contribution in [-0.4, -0.2) is 65.0 Å². The van der Waals surface area contributed by atoms with Crippen LogP contribution in [0.5, 0.6) is 0 Å². The van der Waals surface area contributed by atoms with Gasteiger partial charge in [0.1, 0.15) is 5.60 Å². The first-order valence-electron chi connectivity index (χ1n) is 7.05. The molecule has 6 heteroatoms. The molecule has 0 saturated carbocycles. The van der Waals surface area contributed by atoms with E-state index >= 15 is 0 Å². The summed E-state index contributed by atoms with van der Waals surface area (Å²) in [5.41, 5.74) is -1.16. The topological polar surface area (TPSA) is 61.8 Å². The fourth-order valence-corrected chi connectivity index (χ4v) is 2.87. The zero-order chi connectivity index (χ0) is 15.4. The average molecular weight is 304 g/mol. The van der Waals surface area contributed by atoms with Gasteiger partial charge in [0.2, 0.25) is 0 Å². The Morgan fingerprint density at radius 1 is 1.45 bits per heavy atom. The van der Waals surface area contributed by atoms with Gasteiger partial charge in [-0.2, -0.15) is 11.8 Å². The van der Waals surface area contributed by atoms with Crippen LogP contribution in [0.25, 0.3) is 0 Å². The Kier molecular flexibility index (Phi) is 6.16. The van der Waals surface area contributed by atoms with Crippen molar-refractivity contribution in [3.63, 3.8) is 0 Å². The predicted octanol–water partition coefficient (Wildman–Crippen LogP) is 1.70. The number of likely N-dealkylation sites (tertiary alicyclic amines) is 1. The van der Waals surface area contributed by atoms with Crippen LogP contribution in [-0.2, 0) is 4.74 Å². The second-order valence-corrected chi connectivity index (χ2v) is 7.59. The van der Waals surface area contributed by atoms with Gasteiger partial charge in [-0.05, 0) is 40.4 Å². The maximum absolute atomic E-state index is 11.9. The first-order valence-corrected chi connectivity index (χ1v) is 8.45. The van der Waals surface area contributed by atoms with E-state index < -0.39 is 11.2 Å². The molecule has 2 atom stereocenters. The fourth-order valence-electron chi connectivity index (χ4n) is 2.15. The Hall–Kier alpha value is -0.460. The lowest BCUT2D eigenvalue weighted by Crippen LogP contribution is -2.45. The lowest BCUT2D eigenvalue weighted by molar-refractivity contribution is 0.0289. The van der Waals surface area contributed by atoms with E-state index in [1.54, 1.807) is 16.7 Å². The Bertz CT molecular complexity index is 329. The number of nitrogens with zero attached hydrogens (tertiary/aromatic N) is 1. The van der Waals surface area contributed by atoms with E-state index in [0.717, 1.165) is 6.42 Å². The molecule has 1 saturated heterocycles. The first kappa shape index (κ1) is 17.6. The first-order chi connectivity index (χ1) is 9.13. The van der Waals surface area contributed by atoms with Gasteiger partial charge in [-0.15, -0.1) is 0 Å². The normalized spacial score (nSPS) is 22.7. The van der Waals surface area contributed by atoms with E-state index in [4.69, 9.17) is 4.74 Å². The number of carbonyl (C=O) groups is 1. The summed E-state index contributed by atoms with van der Waals surface area (Å²) >= 11 is 1.63. The zero-order valence-electron chi connectivity index (χ0n) is 13.2. The summed E-state index contributed by atoms with van der Waals surface area (Å²) in [5, 5.41) is 13.5. The van der Waals surface area contributed by atoms with Crippen molar-refractivity contribution in [3.05, 3.63) is 0 Å². The lowest BCUT2D eigenvalue weighted by Gasteiger charge is -2.26. The number of amides is 1. The third kappa shape index (κ3) is 6.33. The minimum Gasteiger partial charge on any atom is -0.444 e. The highest BCUT2D eigenvalue weighted by molar-refractivity contribution is 7.98. The molecule has 0 spiro atoms. The molecule has 1 rings (SSSR count). The van der Waals surface area contributed by atoms with Crippen molar-refractivity contribution >= 4 is 17.9 Å². The fraction of sp³-hybridized carbons (Fsp3) is 0.929.